The van der Waals surface area contributed by atoms with Crippen LogP contribution in [0.5, 0.6) is 0 Å². The Balaban J connectivity index is 1.80. The predicted octanol–water partition coefficient (Wildman–Crippen LogP) is 2.60. The number of nitrogens with one attached hydrogen (secondary N) is 1. The van der Waals surface area contributed by atoms with E-state index in [4.69, 9.17) is 0 Å². The van der Waals surface area contributed by atoms with Crippen molar-refractivity contribution in [2.24, 2.45) is 12.5 Å². The third-order valence-electron chi connectivity index (χ3n) is 5.08. The molecule has 0 amide bonds. The fraction of sp³-hybridized carbons (Fsp3) is 0.550. The molecule has 1 aromatic carbocycles. The number of aromatic nitrogens is 2. The molecule has 1 aliphatic rings. The third kappa shape index (κ3) is 4.78. The van der Waals surface area contributed by atoms with Gasteiger partial charge >= 0.3 is 0 Å². The normalized spacial score (nSPS) is 21.6. The maximum Gasteiger partial charge on any atom is 0.262 e. The molecule has 27 heavy (non-hydrogen) atoms. The second kappa shape index (κ2) is 7.73. The summed E-state index contributed by atoms with van der Waals surface area (Å²) in [5.41, 5.74) is 1.41. The summed E-state index contributed by atoms with van der Waals surface area (Å²) < 4.78 is 29.3. The third-order valence-corrected chi connectivity index (χ3v) is 6.80. The predicted molar refractivity (Wildman–Crippen MR) is 107 cm³/mol. The topological polar surface area (TPSA) is 67.2 Å². The second-order valence-corrected chi connectivity index (χ2v) is 10.5. The average molecular weight is 391 g/mol. The molecule has 6 nitrogen and oxygen atoms in total. The summed E-state index contributed by atoms with van der Waals surface area (Å²) in [6.45, 7) is 8.45. The Morgan fingerprint density at radius 2 is 1.89 bits per heavy atom. The molecule has 0 unspecified atom stereocenters. The van der Waals surface area contributed by atoms with Gasteiger partial charge in [-0.05, 0) is 23.9 Å². The minimum Gasteiger partial charge on any atom is -0.339 e. The molecule has 0 spiro atoms. The van der Waals surface area contributed by atoms with Crippen molar-refractivity contribution < 1.29 is 8.42 Å². The molecule has 0 radical (unpaired) electrons. The lowest BCUT2D eigenvalue weighted by Crippen LogP contribution is -2.38. The van der Waals surface area contributed by atoms with Crippen LogP contribution in [0.2, 0.25) is 0 Å². The highest BCUT2D eigenvalue weighted by molar-refractivity contribution is 7.89. The zero-order valence-electron chi connectivity index (χ0n) is 16.6. The minimum absolute atomic E-state index is 0.0910. The first-order chi connectivity index (χ1) is 12.7. The van der Waals surface area contributed by atoms with Crippen LogP contribution in [-0.4, -0.2) is 48.0 Å². The van der Waals surface area contributed by atoms with Crippen LogP contribution in [0.25, 0.3) is 0 Å². The van der Waals surface area contributed by atoms with E-state index >= 15 is 0 Å². The fourth-order valence-electron chi connectivity index (χ4n) is 3.50. The van der Waals surface area contributed by atoms with Crippen molar-refractivity contribution in [1.82, 2.24) is 19.2 Å². The SMILES string of the molecule is Cn1cnc(S(=O)(=O)N2C[C@H](NCCC(C)(C)C)[C@@H](c3ccccc3)C2)c1. The summed E-state index contributed by atoms with van der Waals surface area (Å²) in [5, 5.41) is 3.73. The van der Waals surface area contributed by atoms with Gasteiger partial charge in [-0.25, -0.2) is 13.4 Å². The van der Waals surface area contributed by atoms with Gasteiger partial charge in [0.25, 0.3) is 10.0 Å². The maximum atomic E-state index is 13.0. The first-order valence-corrected chi connectivity index (χ1v) is 10.9. The van der Waals surface area contributed by atoms with E-state index in [1.165, 1.54) is 11.9 Å². The van der Waals surface area contributed by atoms with E-state index in [0.717, 1.165) is 13.0 Å². The molecule has 3 rings (SSSR count). The molecule has 1 aromatic heterocycles. The zero-order valence-corrected chi connectivity index (χ0v) is 17.4. The minimum atomic E-state index is -3.58. The van der Waals surface area contributed by atoms with Crippen molar-refractivity contribution in [2.45, 2.75) is 44.2 Å². The van der Waals surface area contributed by atoms with Crippen molar-refractivity contribution in [1.29, 1.82) is 0 Å². The van der Waals surface area contributed by atoms with Gasteiger partial charge in [-0.1, -0.05) is 51.1 Å². The Hall–Kier alpha value is -1.70. The highest BCUT2D eigenvalue weighted by Gasteiger charge is 2.40. The summed E-state index contributed by atoms with van der Waals surface area (Å²) in [5.74, 6) is 0.129. The van der Waals surface area contributed by atoms with E-state index < -0.39 is 10.0 Å². The molecule has 148 valence electrons. The lowest BCUT2D eigenvalue weighted by Gasteiger charge is -2.23. The molecule has 2 aromatic rings. The summed E-state index contributed by atoms with van der Waals surface area (Å²) >= 11 is 0. The zero-order chi connectivity index (χ0) is 19.7. The largest absolute Gasteiger partial charge is 0.339 e. The number of benzene rings is 1. The first-order valence-electron chi connectivity index (χ1n) is 9.43. The van der Waals surface area contributed by atoms with Crippen molar-refractivity contribution in [3.8, 4) is 0 Å². The van der Waals surface area contributed by atoms with Gasteiger partial charge in [-0.15, -0.1) is 0 Å². The summed E-state index contributed by atoms with van der Waals surface area (Å²) in [6, 6.07) is 10.3. The molecular formula is C20H30N4O2S. The molecule has 7 heteroatoms. The molecule has 0 aliphatic carbocycles. The van der Waals surface area contributed by atoms with Crippen LogP contribution < -0.4 is 5.32 Å². The van der Waals surface area contributed by atoms with Gasteiger partial charge in [-0.2, -0.15) is 4.31 Å². The number of nitrogens with zero attached hydrogens (tertiary/aromatic N) is 3. The van der Waals surface area contributed by atoms with Crippen LogP contribution in [-0.2, 0) is 17.1 Å². The van der Waals surface area contributed by atoms with Crippen molar-refractivity contribution in [2.75, 3.05) is 19.6 Å². The molecular weight excluding hydrogens is 360 g/mol. The number of hydrogen-bond acceptors (Lipinski definition) is 4. The maximum absolute atomic E-state index is 13.0. The standard InChI is InChI=1S/C20H30N4O2S/c1-20(2,3)10-11-21-18-13-24(12-17(18)16-8-6-5-7-9-16)27(25,26)19-14-23(4)15-22-19/h5-9,14-15,17-18,21H,10-13H2,1-4H3/t17-,18+/m1/s1. The van der Waals surface area contributed by atoms with Crippen LogP contribution in [0.4, 0.5) is 0 Å². The smallest absolute Gasteiger partial charge is 0.262 e. The van der Waals surface area contributed by atoms with Gasteiger partial charge in [0.2, 0.25) is 0 Å². The lowest BCUT2D eigenvalue weighted by atomic mass is 9.91. The number of rotatable bonds is 6. The molecule has 1 aliphatic heterocycles. The van der Waals surface area contributed by atoms with Crippen LogP contribution in [0.3, 0.4) is 0 Å². The summed E-state index contributed by atoms with van der Waals surface area (Å²) in [6.07, 6.45) is 4.13. The van der Waals surface area contributed by atoms with Crippen molar-refractivity contribution in [3.63, 3.8) is 0 Å². The number of sulfonamides is 1. The first kappa shape index (κ1) is 20.0. The van der Waals surface area contributed by atoms with Crippen LogP contribution >= 0.6 is 0 Å². The monoisotopic (exact) mass is 390 g/mol. The van der Waals surface area contributed by atoms with E-state index in [1.54, 1.807) is 22.1 Å². The Morgan fingerprint density at radius 1 is 1.19 bits per heavy atom. The van der Waals surface area contributed by atoms with Gasteiger partial charge in [0.05, 0.1) is 6.33 Å². The van der Waals surface area contributed by atoms with Crippen LogP contribution in [0, 0.1) is 5.41 Å². The van der Waals surface area contributed by atoms with Crippen molar-refractivity contribution in [3.05, 3.63) is 48.4 Å². The average Bonchev–Trinajstić information content (AvgIpc) is 3.22. The van der Waals surface area contributed by atoms with E-state index in [1.807, 2.05) is 18.2 Å². The molecule has 2 atom stereocenters. The lowest BCUT2D eigenvalue weighted by molar-refractivity contribution is 0.350. The number of aryl methyl sites for hydroxylation is 1. The molecule has 1 fully saturated rings. The van der Waals surface area contributed by atoms with Gasteiger partial charge in [0.15, 0.2) is 5.03 Å². The molecule has 0 saturated carbocycles. The number of hydrogen-bond donors (Lipinski definition) is 1. The fourth-order valence-corrected chi connectivity index (χ4v) is 4.95. The molecule has 1 N–H and O–H groups in total. The van der Waals surface area contributed by atoms with E-state index in [0.29, 0.717) is 13.1 Å². The quantitative estimate of drug-likeness (QED) is 0.823. The number of imidazole rings is 1. The van der Waals surface area contributed by atoms with Crippen LogP contribution in [0.1, 0.15) is 38.7 Å². The Kier molecular flexibility index (Phi) is 5.74. The van der Waals surface area contributed by atoms with E-state index in [9.17, 15) is 8.42 Å². The highest BCUT2D eigenvalue weighted by Crippen LogP contribution is 2.31. The Labute approximate surface area is 162 Å². The second-order valence-electron chi connectivity index (χ2n) is 8.59. The molecule has 1 saturated heterocycles. The Bertz CT molecular complexity index is 856. The molecule has 2 heterocycles. The van der Waals surface area contributed by atoms with Crippen LogP contribution in [0.15, 0.2) is 47.9 Å². The van der Waals surface area contributed by atoms with Gasteiger partial charge in [0.1, 0.15) is 0 Å². The summed E-state index contributed by atoms with van der Waals surface area (Å²) in [7, 11) is -1.81. The van der Waals surface area contributed by atoms with Gasteiger partial charge in [-0.3, -0.25) is 0 Å². The van der Waals surface area contributed by atoms with Gasteiger partial charge in [0, 0.05) is 38.3 Å². The van der Waals surface area contributed by atoms with Gasteiger partial charge < -0.3 is 9.88 Å². The Morgan fingerprint density at radius 3 is 2.48 bits per heavy atom. The van der Waals surface area contributed by atoms with Crippen molar-refractivity contribution >= 4 is 10.0 Å². The van der Waals surface area contributed by atoms with E-state index in [2.05, 4.69) is 43.2 Å². The van der Waals surface area contributed by atoms with E-state index in [-0.39, 0.29) is 22.4 Å². The molecule has 0 bridgehead atoms. The summed E-state index contributed by atoms with van der Waals surface area (Å²) in [4.78, 5) is 4.06. The highest BCUT2D eigenvalue weighted by atomic mass is 32.2.